The molecule has 53 heavy (non-hydrogen) atoms. The Labute approximate surface area is 316 Å². The third kappa shape index (κ3) is 7.84. The summed E-state index contributed by atoms with van der Waals surface area (Å²) in [5.74, 6) is -0.986. The Bertz CT molecular complexity index is 2150. The first-order chi connectivity index (χ1) is 25.7. The molecule has 1 aliphatic carbocycles. The van der Waals surface area contributed by atoms with Crippen molar-refractivity contribution in [1.82, 2.24) is 19.8 Å². The van der Waals surface area contributed by atoms with Crippen LogP contribution in [0.1, 0.15) is 59.1 Å². The van der Waals surface area contributed by atoms with Gasteiger partial charge in [0.15, 0.2) is 0 Å². The zero-order valence-electron chi connectivity index (χ0n) is 29.7. The van der Waals surface area contributed by atoms with E-state index in [4.69, 9.17) is 4.74 Å². The summed E-state index contributed by atoms with van der Waals surface area (Å²) in [6.45, 7) is 2.70. The molecule has 5 N–H and O–H groups in total. The lowest BCUT2D eigenvalue weighted by Crippen LogP contribution is -2.44. The summed E-state index contributed by atoms with van der Waals surface area (Å²) < 4.78 is 8.87. The van der Waals surface area contributed by atoms with E-state index < -0.39 is 17.7 Å². The number of H-pyrrole nitrogens is 1. The van der Waals surface area contributed by atoms with Gasteiger partial charge in [-0.2, -0.15) is 0 Å². The Hall–Kier alpha value is -4.30. The second-order valence-electron chi connectivity index (χ2n) is 13.9. The Morgan fingerprint density at radius 2 is 1.74 bits per heavy atom. The van der Waals surface area contributed by atoms with Crippen molar-refractivity contribution in [2.24, 2.45) is 0 Å². The number of aliphatic hydroxyl groups excluding tert-OH is 1. The Balaban J connectivity index is 0.905. The van der Waals surface area contributed by atoms with Crippen LogP contribution in [0.3, 0.4) is 0 Å². The average Bonchev–Trinajstić information content (AvgIpc) is 3.96. The lowest BCUT2D eigenvalue weighted by Gasteiger charge is -2.38. The molecule has 1 aliphatic rings. The van der Waals surface area contributed by atoms with E-state index in [0.29, 0.717) is 45.4 Å². The number of para-hydroxylation sites is 1. The number of phenolic OH excluding ortho intramolecular Hbond substituents is 1. The van der Waals surface area contributed by atoms with Crippen molar-refractivity contribution in [3.8, 4) is 5.75 Å². The third-order valence-corrected chi connectivity index (χ3v) is 12.6. The monoisotopic (exact) mass is 754 g/mol. The number of rotatable bonds is 16. The van der Waals surface area contributed by atoms with Crippen molar-refractivity contribution in [3.05, 3.63) is 121 Å². The van der Waals surface area contributed by atoms with Gasteiger partial charge in [0.25, 0.3) is 0 Å². The standard InChI is InChI=1S/C41H46N4O6S2/c1-44(28-12-14-29(15-13-28)51-41(40(49)50,36-10-5-23-52-36)37-11-6-24-53-37)21-4-7-27-26-45(33-9-3-2-8-30(27)33)22-20-42-25-35(47)31-16-18-34(46)39-32(31)17-19-38(48)43-39/h2-3,5-6,8-11,16-19,23-24,26,28-29,35,42,46-47H,4,7,12-15,20-22,25H2,1H3,(H,43,48)(H,49,50)/t28?,29?,35-/m0/s1. The van der Waals surface area contributed by atoms with Crippen LogP contribution in [0, 0.1) is 0 Å². The maximum absolute atomic E-state index is 12.8. The topological polar surface area (TPSA) is 140 Å². The second kappa shape index (κ2) is 16.4. The summed E-state index contributed by atoms with van der Waals surface area (Å²) in [5, 5.41) is 40.7. The highest BCUT2D eigenvalue weighted by Crippen LogP contribution is 2.42. The van der Waals surface area contributed by atoms with Gasteiger partial charge in [0.1, 0.15) is 5.75 Å². The number of aromatic amines is 1. The summed E-state index contributed by atoms with van der Waals surface area (Å²) in [6.07, 6.45) is 6.89. The molecular formula is C41H46N4O6S2. The lowest BCUT2D eigenvalue weighted by molar-refractivity contribution is -0.170. The van der Waals surface area contributed by atoms with Crippen molar-refractivity contribution < 1.29 is 24.9 Å². The van der Waals surface area contributed by atoms with Gasteiger partial charge in [0.2, 0.25) is 11.2 Å². The number of fused-ring (bicyclic) bond motifs is 2. The van der Waals surface area contributed by atoms with Crippen molar-refractivity contribution >= 4 is 50.4 Å². The normalized spacial score (nSPS) is 17.2. The van der Waals surface area contributed by atoms with E-state index in [-0.39, 0.29) is 17.4 Å². The van der Waals surface area contributed by atoms with E-state index in [1.54, 1.807) is 12.1 Å². The summed E-state index contributed by atoms with van der Waals surface area (Å²) in [5.41, 5.74) is 1.71. The number of hydrogen-bond acceptors (Lipinski definition) is 9. The molecule has 2 aromatic carbocycles. The SMILES string of the molecule is CN(CCCc1cn(CCNC[C@H](O)c2ccc(O)c3[nH]c(=O)ccc23)c2ccccc12)C1CCC(OC(C(=O)O)(c2cccs2)c2cccs2)CC1. The van der Waals surface area contributed by atoms with E-state index in [9.17, 15) is 24.9 Å². The van der Waals surface area contributed by atoms with Crippen LogP contribution in [-0.2, 0) is 28.1 Å². The van der Waals surface area contributed by atoms with Gasteiger partial charge in [-0.1, -0.05) is 36.4 Å². The average molecular weight is 755 g/mol. The van der Waals surface area contributed by atoms with Crippen LogP contribution in [0.4, 0.5) is 0 Å². The van der Waals surface area contributed by atoms with Crippen LogP contribution in [0.5, 0.6) is 5.75 Å². The molecule has 0 aliphatic heterocycles. The van der Waals surface area contributed by atoms with Gasteiger partial charge in [-0.25, -0.2) is 4.79 Å². The zero-order chi connectivity index (χ0) is 37.0. The smallest absolute Gasteiger partial charge is 0.347 e. The lowest BCUT2D eigenvalue weighted by atomic mass is 9.90. The van der Waals surface area contributed by atoms with Gasteiger partial charge in [-0.05, 0) is 104 Å². The van der Waals surface area contributed by atoms with Crippen molar-refractivity contribution in [1.29, 1.82) is 0 Å². The molecule has 1 fully saturated rings. The fraction of sp³-hybridized carbons (Fsp3) is 0.366. The molecule has 6 aromatic rings. The summed E-state index contributed by atoms with van der Waals surface area (Å²) in [4.78, 5) is 31.1. The molecule has 10 nitrogen and oxygen atoms in total. The van der Waals surface area contributed by atoms with Crippen LogP contribution in [0.2, 0.25) is 0 Å². The minimum atomic E-state index is -1.46. The number of thiophene rings is 2. The number of hydrogen-bond donors (Lipinski definition) is 5. The quantitative estimate of drug-likeness (QED) is 0.0676. The molecule has 278 valence electrons. The minimum Gasteiger partial charge on any atom is -0.506 e. The van der Waals surface area contributed by atoms with E-state index in [0.717, 1.165) is 51.6 Å². The predicted molar refractivity (Wildman–Crippen MR) is 211 cm³/mol. The number of ether oxygens (including phenoxy) is 1. The second-order valence-corrected chi connectivity index (χ2v) is 15.8. The highest BCUT2D eigenvalue weighted by Gasteiger charge is 2.48. The molecule has 1 saturated carbocycles. The highest BCUT2D eigenvalue weighted by molar-refractivity contribution is 7.12. The van der Waals surface area contributed by atoms with Crippen molar-refractivity contribution in [2.45, 2.75) is 68.9 Å². The molecule has 0 amide bonds. The van der Waals surface area contributed by atoms with Gasteiger partial charge in [0, 0.05) is 54.2 Å². The number of carboxylic acid groups (broad SMARTS) is 1. The van der Waals surface area contributed by atoms with Crippen LogP contribution >= 0.6 is 22.7 Å². The maximum atomic E-state index is 12.8. The minimum absolute atomic E-state index is 0.0258. The number of nitrogens with zero attached hydrogens (tertiary/aromatic N) is 2. The highest BCUT2D eigenvalue weighted by atomic mass is 32.1. The van der Waals surface area contributed by atoms with Gasteiger partial charge in [-0.3, -0.25) is 4.79 Å². The number of pyridine rings is 1. The molecule has 0 saturated heterocycles. The van der Waals surface area contributed by atoms with Gasteiger partial charge >= 0.3 is 5.97 Å². The number of phenols is 1. The molecule has 7 rings (SSSR count). The number of carboxylic acids is 1. The Morgan fingerprint density at radius 1 is 1.00 bits per heavy atom. The molecule has 4 heterocycles. The van der Waals surface area contributed by atoms with Gasteiger partial charge in [-0.15, -0.1) is 22.7 Å². The fourth-order valence-electron chi connectivity index (χ4n) is 7.82. The van der Waals surface area contributed by atoms with Gasteiger partial charge in [0.05, 0.1) is 27.5 Å². The maximum Gasteiger partial charge on any atom is 0.347 e. The predicted octanol–water partition coefficient (Wildman–Crippen LogP) is 6.86. The molecule has 0 radical (unpaired) electrons. The van der Waals surface area contributed by atoms with E-state index in [1.807, 2.05) is 35.0 Å². The fourth-order valence-corrected chi connectivity index (χ4v) is 9.63. The number of aliphatic hydroxyl groups is 1. The molecule has 4 aromatic heterocycles. The van der Waals surface area contributed by atoms with Crippen LogP contribution in [-0.4, -0.2) is 74.6 Å². The van der Waals surface area contributed by atoms with E-state index in [2.05, 4.69) is 57.3 Å². The Morgan fingerprint density at radius 3 is 2.43 bits per heavy atom. The number of benzene rings is 2. The number of aromatic nitrogens is 2. The van der Waals surface area contributed by atoms with Gasteiger partial charge < -0.3 is 39.8 Å². The van der Waals surface area contributed by atoms with E-state index >= 15 is 0 Å². The molecule has 0 spiro atoms. The molecular weight excluding hydrogens is 709 g/mol. The van der Waals surface area contributed by atoms with Crippen LogP contribution in [0.15, 0.2) is 94.5 Å². The van der Waals surface area contributed by atoms with Crippen LogP contribution in [0.25, 0.3) is 21.8 Å². The van der Waals surface area contributed by atoms with Crippen LogP contribution < -0.4 is 10.9 Å². The largest absolute Gasteiger partial charge is 0.506 e. The van der Waals surface area contributed by atoms with E-state index in [1.165, 1.54) is 51.3 Å². The number of aryl methyl sites for hydroxylation is 1. The number of carbonyl (C=O) groups is 1. The third-order valence-electron chi connectivity index (χ3n) is 10.6. The molecule has 0 unspecified atom stereocenters. The molecule has 0 bridgehead atoms. The Kier molecular flexibility index (Phi) is 11.4. The summed E-state index contributed by atoms with van der Waals surface area (Å²) in [7, 11) is 2.20. The zero-order valence-corrected chi connectivity index (χ0v) is 31.4. The molecule has 1 atom stereocenters. The number of nitrogens with one attached hydrogen (secondary N) is 2. The number of aromatic hydroxyl groups is 1. The first kappa shape index (κ1) is 37.0. The van der Waals surface area contributed by atoms with Crippen molar-refractivity contribution in [2.75, 3.05) is 26.7 Å². The summed E-state index contributed by atoms with van der Waals surface area (Å²) in [6, 6.07) is 22.6. The summed E-state index contributed by atoms with van der Waals surface area (Å²) >= 11 is 2.86. The van der Waals surface area contributed by atoms with Crippen molar-refractivity contribution in [3.63, 3.8) is 0 Å². The number of aliphatic carboxylic acids is 1. The molecule has 12 heteroatoms. The first-order valence-corrected chi connectivity index (χ1v) is 20.0. The first-order valence-electron chi connectivity index (χ1n) is 18.2.